The van der Waals surface area contributed by atoms with E-state index in [1.807, 2.05) is 0 Å². The molecule has 0 aliphatic heterocycles. The van der Waals surface area contributed by atoms with Crippen LogP contribution in [-0.4, -0.2) is 5.60 Å². The summed E-state index contributed by atoms with van der Waals surface area (Å²) in [5, 5.41) is 5.18. The maximum absolute atomic E-state index is 5.28. The molecule has 2 N–H and O–H groups in total. The van der Waals surface area contributed by atoms with Gasteiger partial charge in [0.05, 0.1) is 17.8 Å². The quantitative estimate of drug-likeness (QED) is 0.487. The van der Waals surface area contributed by atoms with E-state index in [2.05, 4.69) is 6.92 Å². The fraction of sp³-hybridized carbons (Fsp3) is 1.00. The van der Waals surface area contributed by atoms with Gasteiger partial charge in [-0.15, -0.1) is 0 Å². The molecule has 1 rings (SSSR count). The fourth-order valence-electron chi connectivity index (χ4n) is 1.07. The van der Waals surface area contributed by atoms with Crippen LogP contribution >= 0.6 is 12.2 Å². The van der Waals surface area contributed by atoms with Gasteiger partial charge in [0, 0.05) is 0 Å². The molecule has 3 heteroatoms. The van der Waals surface area contributed by atoms with Crippen molar-refractivity contribution in [2.24, 2.45) is 5.14 Å². The lowest BCUT2D eigenvalue weighted by atomic mass is 10.2. The summed E-state index contributed by atoms with van der Waals surface area (Å²) in [5.74, 6) is 0. The van der Waals surface area contributed by atoms with Gasteiger partial charge in [0.25, 0.3) is 0 Å². The van der Waals surface area contributed by atoms with E-state index >= 15 is 0 Å². The molecule has 1 saturated carbocycles. The highest BCUT2D eigenvalue weighted by atomic mass is 32.2. The molecule has 54 valence electrons. The third kappa shape index (κ3) is 1.85. The van der Waals surface area contributed by atoms with E-state index in [4.69, 9.17) is 9.32 Å². The van der Waals surface area contributed by atoms with Crippen molar-refractivity contribution in [1.29, 1.82) is 0 Å². The van der Waals surface area contributed by atoms with Crippen LogP contribution in [-0.2, 0) is 4.18 Å². The molecule has 1 fully saturated rings. The van der Waals surface area contributed by atoms with Crippen molar-refractivity contribution in [1.82, 2.24) is 0 Å². The van der Waals surface area contributed by atoms with Gasteiger partial charge in [-0.05, 0) is 19.3 Å². The Bertz CT molecular complexity index is 85.1. The summed E-state index contributed by atoms with van der Waals surface area (Å²) in [5.41, 5.74) is 0.189. The second kappa shape index (κ2) is 2.90. The summed E-state index contributed by atoms with van der Waals surface area (Å²) < 4.78 is 5.28. The Morgan fingerprint density at radius 3 is 2.67 bits per heavy atom. The predicted molar refractivity (Wildman–Crippen MR) is 39.7 cm³/mol. The van der Waals surface area contributed by atoms with Crippen molar-refractivity contribution in [3.63, 3.8) is 0 Å². The number of rotatable bonds is 4. The maximum atomic E-state index is 5.28. The molecule has 0 aromatic rings. The van der Waals surface area contributed by atoms with E-state index in [1.54, 1.807) is 0 Å². The minimum atomic E-state index is 0.189. The van der Waals surface area contributed by atoms with Gasteiger partial charge < -0.3 is 0 Å². The molecular formula is C6H13NOS. The molecule has 0 heterocycles. The maximum Gasteiger partial charge on any atom is 0.0845 e. The summed E-state index contributed by atoms with van der Waals surface area (Å²) in [6.07, 6.45) is 4.76. The highest BCUT2D eigenvalue weighted by Gasteiger charge is 2.43. The Morgan fingerprint density at radius 2 is 2.33 bits per heavy atom. The molecule has 0 atom stereocenters. The Balaban J connectivity index is 2.17. The van der Waals surface area contributed by atoms with Crippen LogP contribution in [0.25, 0.3) is 0 Å². The largest absolute Gasteiger partial charge is 0.295 e. The molecule has 0 radical (unpaired) electrons. The van der Waals surface area contributed by atoms with Crippen molar-refractivity contribution >= 4 is 12.2 Å². The van der Waals surface area contributed by atoms with Crippen molar-refractivity contribution in [3.8, 4) is 0 Å². The summed E-state index contributed by atoms with van der Waals surface area (Å²) in [6.45, 7) is 2.17. The SMILES string of the molecule is CCCC1(OSN)CC1. The first-order chi connectivity index (χ1) is 4.33. The molecule has 9 heavy (non-hydrogen) atoms. The zero-order valence-corrected chi connectivity index (χ0v) is 6.54. The molecule has 1 aliphatic carbocycles. The van der Waals surface area contributed by atoms with E-state index in [9.17, 15) is 0 Å². The molecule has 0 aromatic carbocycles. The highest BCUT2D eigenvalue weighted by Crippen LogP contribution is 2.45. The third-order valence-electron chi connectivity index (χ3n) is 1.74. The zero-order chi connectivity index (χ0) is 6.74. The summed E-state index contributed by atoms with van der Waals surface area (Å²) in [7, 11) is 0. The Morgan fingerprint density at radius 1 is 1.67 bits per heavy atom. The molecule has 0 saturated heterocycles. The van der Waals surface area contributed by atoms with Crippen LogP contribution in [0.4, 0.5) is 0 Å². The lowest BCUT2D eigenvalue weighted by Crippen LogP contribution is -2.09. The molecule has 0 aromatic heterocycles. The summed E-state index contributed by atoms with van der Waals surface area (Å²) in [6, 6.07) is 0. The van der Waals surface area contributed by atoms with Crippen molar-refractivity contribution in [2.75, 3.05) is 0 Å². The normalized spacial score (nSPS) is 22.0. The predicted octanol–water partition coefficient (Wildman–Crippen LogP) is 1.86. The monoisotopic (exact) mass is 147 g/mol. The fourth-order valence-corrected chi connectivity index (χ4v) is 1.53. The Hall–Kier alpha value is 0.270. The second-order valence-electron chi connectivity index (χ2n) is 2.61. The average molecular weight is 147 g/mol. The van der Waals surface area contributed by atoms with Gasteiger partial charge in [-0.2, -0.15) is 0 Å². The van der Waals surface area contributed by atoms with Crippen LogP contribution < -0.4 is 5.14 Å². The van der Waals surface area contributed by atoms with Crippen LogP contribution in [0, 0.1) is 0 Å². The molecule has 2 nitrogen and oxygen atoms in total. The van der Waals surface area contributed by atoms with Crippen LogP contribution in [0.15, 0.2) is 0 Å². The molecular weight excluding hydrogens is 134 g/mol. The van der Waals surface area contributed by atoms with Crippen molar-refractivity contribution in [2.45, 2.75) is 38.2 Å². The van der Waals surface area contributed by atoms with Crippen molar-refractivity contribution < 1.29 is 4.18 Å². The lowest BCUT2D eigenvalue weighted by Gasteiger charge is -2.10. The van der Waals surface area contributed by atoms with E-state index in [0.717, 1.165) is 18.6 Å². The van der Waals surface area contributed by atoms with Crippen LogP contribution in [0.2, 0.25) is 0 Å². The number of nitrogens with two attached hydrogens (primary N) is 1. The smallest absolute Gasteiger partial charge is 0.0845 e. The third-order valence-corrected chi connectivity index (χ3v) is 2.19. The summed E-state index contributed by atoms with van der Waals surface area (Å²) in [4.78, 5) is 0. The average Bonchev–Trinajstić information content (AvgIpc) is 2.51. The molecule has 0 bridgehead atoms. The molecule has 0 unspecified atom stereocenters. The standard InChI is InChI=1S/C6H13NOS/c1-2-3-6(4-5-6)8-9-7/h2-5,7H2,1H3. The van der Waals surface area contributed by atoms with Crippen molar-refractivity contribution in [3.05, 3.63) is 0 Å². The van der Waals surface area contributed by atoms with Crippen LogP contribution in [0.5, 0.6) is 0 Å². The van der Waals surface area contributed by atoms with E-state index in [1.165, 1.54) is 19.3 Å². The molecule has 0 spiro atoms. The van der Waals surface area contributed by atoms with Crippen LogP contribution in [0.3, 0.4) is 0 Å². The van der Waals surface area contributed by atoms with Gasteiger partial charge in [0.15, 0.2) is 0 Å². The first-order valence-electron chi connectivity index (χ1n) is 3.37. The molecule has 1 aliphatic rings. The van der Waals surface area contributed by atoms with Gasteiger partial charge in [-0.1, -0.05) is 13.3 Å². The van der Waals surface area contributed by atoms with Gasteiger partial charge in [-0.25, -0.2) is 0 Å². The van der Waals surface area contributed by atoms with Gasteiger partial charge in [0.2, 0.25) is 0 Å². The zero-order valence-electron chi connectivity index (χ0n) is 5.72. The van der Waals surface area contributed by atoms with Gasteiger partial charge in [-0.3, -0.25) is 9.32 Å². The van der Waals surface area contributed by atoms with Crippen LogP contribution in [0.1, 0.15) is 32.6 Å². The van der Waals surface area contributed by atoms with E-state index < -0.39 is 0 Å². The lowest BCUT2D eigenvalue weighted by molar-refractivity contribution is 0.204. The first kappa shape index (κ1) is 7.38. The van der Waals surface area contributed by atoms with E-state index in [-0.39, 0.29) is 5.60 Å². The Labute approximate surface area is 60.5 Å². The summed E-state index contributed by atoms with van der Waals surface area (Å²) >= 11 is 1.01. The number of hydrogen-bond donors (Lipinski definition) is 1. The topological polar surface area (TPSA) is 35.2 Å². The number of hydrogen-bond acceptors (Lipinski definition) is 3. The molecule has 0 amide bonds. The van der Waals surface area contributed by atoms with Gasteiger partial charge >= 0.3 is 0 Å². The minimum Gasteiger partial charge on any atom is -0.295 e. The minimum absolute atomic E-state index is 0.189. The highest BCUT2D eigenvalue weighted by molar-refractivity contribution is 7.92. The second-order valence-corrected chi connectivity index (χ2v) is 2.97. The van der Waals surface area contributed by atoms with Gasteiger partial charge in [0.1, 0.15) is 0 Å². The Kier molecular flexibility index (Phi) is 2.38. The first-order valence-corrected chi connectivity index (χ1v) is 4.18. The van der Waals surface area contributed by atoms with E-state index in [0.29, 0.717) is 0 Å².